The molecule has 9 heteroatoms. The van der Waals surface area contributed by atoms with Crippen molar-refractivity contribution in [2.75, 3.05) is 13.7 Å². The fourth-order valence-electron chi connectivity index (χ4n) is 5.10. The van der Waals surface area contributed by atoms with E-state index in [9.17, 15) is 13.2 Å². The maximum absolute atomic E-state index is 13.7. The standard InChI is InChI=1S/C29H32N4O4S/c1-6-32-22-10-8-7-9-19(22)21-17-18(11-13-23(21)32)28-31-25-24(33(28)15-16-37-5)14-12-20(27(30)34)26(25)38(35,36)29(2,3)4/h7-14,17H,6,15-16H2,1-5H3,(H2,30,34). The molecule has 0 aliphatic rings. The van der Waals surface area contributed by atoms with E-state index in [0.717, 1.165) is 33.9 Å². The molecule has 8 nitrogen and oxygen atoms in total. The Labute approximate surface area is 221 Å². The summed E-state index contributed by atoms with van der Waals surface area (Å²) in [4.78, 5) is 17.1. The van der Waals surface area contributed by atoms with Gasteiger partial charge in [0.2, 0.25) is 5.91 Å². The van der Waals surface area contributed by atoms with Crippen molar-refractivity contribution in [3.63, 3.8) is 0 Å². The maximum atomic E-state index is 13.7. The molecule has 2 heterocycles. The van der Waals surface area contributed by atoms with Gasteiger partial charge in [0, 0.05) is 47.6 Å². The molecule has 2 aromatic heterocycles. The number of primary amides is 1. The van der Waals surface area contributed by atoms with Crippen LogP contribution in [0, 0.1) is 0 Å². The first-order valence-electron chi connectivity index (χ1n) is 12.6. The van der Waals surface area contributed by atoms with E-state index < -0.39 is 20.5 Å². The van der Waals surface area contributed by atoms with Crippen LogP contribution in [0.25, 0.3) is 44.2 Å². The Kier molecular flexibility index (Phi) is 6.31. The van der Waals surface area contributed by atoms with E-state index in [-0.39, 0.29) is 16.0 Å². The number of aromatic nitrogens is 3. The van der Waals surface area contributed by atoms with Crippen LogP contribution in [0.3, 0.4) is 0 Å². The van der Waals surface area contributed by atoms with Crippen LogP contribution in [-0.4, -0.2) is 46.9 Å². The van der Waals surface area contributed by atoms with Crippen LogP contribution >= 0.6 is 0 Å². The van der Waals surface area contributed by atoms with Gasteiger partial charge in [-0.15, -0.1) is 0 Å². The molecular formula is C29H32N4O4S. The zero-order chi connectivity index (χ0) is 27.4. The second-order valence-electron chi connectivity index (χ2n) is 10.4. The minimum Gasteiger partial charge on any atom is -0.383 e. The number of aryl methyl sites for hydroxylation is 1. The lowest BCUT2D eigenvalue weighted by atomic mass is 10.1. The Hall–Kier alpha value is -3.69. The van der Waals surface area contributed by atoms with Crippen molar-refractivity contribution in [2.24, 2.45) is 5.73 Å². The van der Waals surface area contributed by atoms with E-state index in [1.165, 1.54) is 6.07 Å². The van der Waals surface area contributed by atoms with Crippen molar-refractivity contribution in [1.29, 1.82) is 0 Å². The third-order valence-corrected chi connectivity index (χ3v) is 9.64. The fourth-order valence-corrected chi connectivity index (χ4v) is 6.58. The van der Waals surface area contributed by atoms with Gasteiger partial charge in [0.15, 0.2) is 9.84 Å². The summed E-state index contributed by atoms with van der Waals surface area (Å²) >= 11 is 0. The Bertz CT molecular complexity index is 1820. The van der Waals surface area contributed by atoms with Gasteiger partial charge in [-0.3, -0.25) is 4.79 Å². The highest BCUT2D eigenvalue weighted by molar-refractivity contribution is 7.93. The summed E-state index contributed by atoms with van der Waals surface area (Å²) in [7, 11) is -2.34. The molecule has 1 amide bonds. The minimum atomic E-state index is -3.96. The summed E-state index contributed by atoms with van der Waals surface area (Å²) in [5.41, 5.74) is 9.53. The van der Waals surface area contributed by atoms with E-state index in [2.05, 4.69) is 35.8 Å². The lowest BCUT2D eigenvalue weighted by Crippen LogP contribution is -2.30. The number of hydrogen-bond acceptors (Lipinski definition) is 5. The molecule has 38 heavy (non-hydrogen) atoms. The molecule has 2 N–H and O–H groups in total. The topological polar surface area (TPSA) is 109 Å². The molecular weight excluding hydrogens is 500 g/mol. The van der Waals surface area contributed by atoms with Gasteiger partial charge in [-0.1, -0.05) is 18.2 Å². The Morgan fingerprint density at radius 3 is 2.32 bits per heavy atom. The zero-order valence-electron chi connectivity index (χ0n) is 22.3. The lowest BCUT2D eigenvalue weighted by Gasteiger charge is -2.21. The predicted molar refractivity (Wildman–Crippen MR) is 151 cm³/mol. The highest BCUT2D eigenvalue weighted by atomic mass is 32.2. The number of amides is 1. The van der Waals surface area contributed by atoms with Gasteiger partial charge in [0.25, 0.3) is 0 Å². The molecule has 0 bridgehead atoms. The maximum Gasteiger partial charge on any atom is 0.250 e. The third-order valence-electron chi connectivity index (χ3n) is 7.08. The quantitative estimate of drug-likeness (QED) is 0.312. The average Bonchev–Trinajstić information content (AvgIpc) is 3.40. The zero-order valence-corrected chi connectivity index (χ0v) is 23.1. The summed E-state index contributed by atoms with van der Waals surface area (Å²) in [6.07, 6.45) is 0. The number of imidazole rings is 1. The van der Waals surface area contributed by atoms with Crippen molar-refractivity contribution in [3.05, 3.63) is 60.2 Å². The summed E-state index contributed by atoms with van der Waals surface area (Å²) in [6, 6.07) is 17.7. The first-order chi connectivity index (χ1) is 18.0. The van der Waals surface area contributed by atoms with Gasteiger partial charge in [-0.25, -0.2) is 13.4 Å². The molecule has 0 saturated heterocycles. The van der Waals surface area contributed by atoms with Gasteiger partial charge in [0.1, 0.15) is 16.2 Å². The third kappa shape index (κ3) is 3.88. The molecule has 0 fully saturated rings. The number of para-hydroxylation sites is 1. The smallest absolute Gasteiger partial charge is 0.250 e. The number of methoxy groups -OCH3 is 1. The van der Waals surface area contributed by atoms with Crippen molar-refractivity contribution >= 4 is 48.6 Å². The molecule has 0 aliphatic heterocycles. The number of benzene rings is 3. The number of nitrogens with two attached hydrogens (primary N) is 1. The molecule has 0 radical (unpaired) electrons. The van der Waals surface area contributed by atoms with E-state index in [4.69, 9.17) is 15.5 Å². The van der Waals surface area contributed by atoms with Crippen LogP contribution in [0.1, 0.15) is 38.1 Å². The monoisotopic (exact) mass is 532 g/mol. The fraction of sp³-hybridized carbons (Fsp3) is 0.310. The van der Waals surface area contributed by atoms with Gasteiger partial charge >= 0.3 is 0 Å². The first-order valence-corrected chi connectivity index (χ1v) is 14.1. The summed E-state index contributed by atoms with van der Waals surface area (Å²) in [5, 5.41) is 2.23. The Morgan fingerprint density at radius 2 is 1.66 bits per heavy atom. The van der Waals surface area contributed by atoms with Gasteiger partial charge < -0.3 is 19.6 Å². The molecule has 5 aromatic rings. The molecule has 198 valence electrons. The number of sulfone groups is 1. The highest BCUT2D eigenvalue weighted by Gasteiger charge is 2.37. The number of carbonyl (C=O) groups is 1. The van der Waals surface area contributed by atoms with Crippen molar-refractivity contribution in [3.8, 4) is 11.4 Å². The molecule has 0 atom stereocenters. The Balaban J connectivity index is 1.86. The molecule has 0 aliphatic carbocycles. The largest absolute Gasteiger partial charge is 0.383 e. The van der Waals surface area contributed by atoms with E-state index >= 15 is 0 Å². The van der Waals surface area contributed by atoms with Crippen LogP contribution in [0.4, 0.5) is 0 Å². The second-order valence-corrected chi connectivity index (χ2v) is 13.0. The minimum absolute atomic E-state index is 0.0585. The van der Waals surface area contributed by atoms with Crippen LogP contribution in [0.2, 0.25) is 0 Å². The number of nitrogens with zero attached hydrogens (tertiary/aromatic N) is 3. The number of ether oxygens (including phenoxy) is 1. The van der Waals surface area contributed by atoms with Crippen LogP contribution < -0.4 is 5.73 Å². The summed E-state index contributed by atoms with van der Waals surface area (Å²) in [5.74, 6) is -0.212. The molecule has 0 unspecified atom stereocenters. The highest BCUT2D eigenvalue weighted by Crippen LogP contribution is 2.37. The lowest BCUT2D eigenvalue weighted by molar-refractivity contribution is 0.0997. The van der Waals surface area contributed by atoms with E-state index in [0.29, 0.717) is 24.5 Å². The Morgan fingerprint density at radius 1 is 0.974 bits per heavy atom. The summed E-state index contributed by atoms with van der Waals surface area (Å²) in [6.45, 7) is 8.61. The molecule has 0 saturated carbocycles. The SMILES string of the molecule is CCn1c2ccccc2c2cc(-c3nc4c(S(=O)(=O)C(C)(C)C)c(C(N)=O)ccc4n3CCOC)ccc21. The van der Waals surface area contributed by atoms with Crippen molar-refractivity contribution in [1.82, 2.24) is 14.1 Å². The summed E-state index contributed by atoms with van der Waals surface area (Å²) < 4.78 is 35.9. The normalized spacial score (nSPS) is 12.7. The first kappa shape index (κ1) is 25.9. The molecule has 0 spiro atoms. The van der Waals surface area contributed by atoms with E-state index in [1.807, 2.05) is 22.8 Å². The molecule has 3 aromatic carbocycles. The number of fused-ring (bicyclic) bond motifs is 4. The van der Waals surface area contributed by atoms with Crippen LogP contribution in [0.15, 0.2) is 59.5 Å². The predicted octanol–water partition coefficient (Wildman–Crippen LogP) is 5.15. The number of carbonyl (C=O) groups excluding carboxylic acids is 1. The second kappa shape index (κ2) is 9.25. The van der Waals surface area contributed by atoms with Crippen LogP contribution in [-0.2, 0) is 27.7 Å². The van der Waals surface area contributed by atoms with Gasteiger partial charge in [0.05, 0.1) is 22.4 Å². The van der Waals surface area contributed by atoms with Crippen molar-refractivity contribution in [2.45, 2.75) is 50.4 Å². The van der Waals surface area contributed by atoms with Gasteiger partial charge in [-0.2, -0.15) is 0 Å². The van der Waals surface area contributed by atoms with Crippen LogP contribution in [0.5, 0.6) is 0 Å². The molecule has 5 rings (SSSR count). The number of rotatable bonds is 7. The van der Waals surface area contributed by atoms with E-state index in [1.54, 1.807) is 33.9 Å². The number of hydrogen-bond donors (Lipinski definition) is 1. The van der Waals surface area contributed by atoms with Gasteiger partial charge in [-0.05, 0) is 64.1 Å². The van der Waals surface area contributed by atoms with Crippen molar-refractivity contribution < 1.29 is 17.9 Å². The average molecular weight is 533 g/mol.